The van der Waals surface area contributed by atoms with Crippen LogP contribution in [0.1, 0.15) is 33.6 Å². The number of thiophene rings is 1. The van der Waals surface area contributed by atoms with Crippen molar-refractivity contribution in [1.29, 1.82) is 0 Å². The number of sulfonamides is 1. The van der Waals surface area contributed by atoms with Gasteiger partial charge < -0.3 is 19.5 Å². The van der Waals surface area contributed by atoms with E-state index in [2.05, 4.69) is 0 Å². The fourth-order valence-corrected chi connectivity index (χ4v) is 6.99. The Labute approximate surface area is 210 Å². The van der Waals surface area contributed by atoms with E-state index in [1.54, 1.807) is 19.9 Å². The van der Waals surface area contributed by atoms with Crippen LogP contribution < -0.4 is 4.74 Å². The van der Waals surface area contributed by atoms with Crippen molar-refractivity contribution in [2.75, 3.05) is 26.7 Å². The fraction of sp³-hybridized carbons (Fsp3) is 0.500. The van der Waals surface area contributed by atoms with Crippen LogP contribution in [0.4, 0.5) is 4.79 Å². The largest absolute Gasteiger partial charge is 0.494 e. The van der Waals surface area contributed by atoms with Gasteiger partial charge in [0.1, 0.15) is 16.0 Å². The zero-order chi connectivity index (χ0) is 25.8. The van der Waals surface area contributed by atoms with Gasteiger partial charge in [-0.25, -0.2) is 13.2 Å². The van der Waals surface area contributed by atoms with Gasteiger partial charge in [0, 0.05) is 25.0 Å². The Bertz CT molecular complexity index is 1120. The summed E-state index contributed by atoms with van der Waals surface area (Å²) in [5.41, 5.74) is 0.845. The summed E-state index contributed by atoms with van der Waals surface area (Å²) in [4.78, 5) is 26.6. The molecule has 0 radical (unpaired) electrons. The van der Waals surface area contributed by atoms with E-state index in [4.69, 9.17) is 9.47 Å². The molecule has 0 spiro atoms. The molecule has 9 nitrogen and oxygen atoms in total. The van der Waals surface area contributed by atoms with Gasteiger partial charge in [-0.15, -0.1) is 11.3 Å². The molecule has 1 atom stereocenters. The predicted molar refractivity (Wildman–Crippen MR) is 133 cm³/mol. The summed E-state index contributed by atoms with van der Waals surface area (Å²) < 4.78 is 38.4. The molecule has 1 aromatic heterocycles. The topological polar surface area (TPSA) is 113 Å². The molecule has 0 unspecified atom stereocenters. The first-order valence-electron chi connectivity index (χ1n) is 11.5. The molecule has 11 heteroatoms. The van der Waals surface area contributed by atoms with Crippen LogP contribution in [0, 0.1) is 5.92 Å². The standard InChI is InChI=1S/C24H32N2O7S2/c1-5-32-19-8-6-17(7-9-19)20-10-11-21(34-20)35(30,31)25(4)22(23(27)28)18-12-14-26(15-13-18)24(29)33-16(2)3/h6-11,16,18,22H,5,12-15H2,1-4H3,(H,27,28)/t22-/m1/s1. The smallest absolute Gasteiger partial charge is 0.410 e. The molecular formula is C24H32N2O7S2. The third-order valence-corrected chi connectivity index (χ3v) is 9.33. The first-order valence-corrected chi connectivity index (χ1v) is 13.8. The van der Waals surface area contributed by atoms with Gasteiger partial charge in [-0.2, -0.15) is 4.31 Å². The lowest BCUT2D eigenvalue weighted by Gasteiger charge is -2.37. The highest BCUT2D eigenvalue weighted by molar-refractivity contribution is 7.91. The van der Waals surface area contributed by atoms with Crippen molar-refractivity contribution in [3.8, 4) is 16.2 Å². The van der Waals surface area contributed by atoms with Crippen LogP contribution in [-0.4, -0.2) is 73.7 Å². The third-order valence-electron chi connectivity index (χ3n) is 5.89. The summed E-state index contributed by atoms with van der Waals surface area (Å²) in [5.74, 6) is -0.906. The first-order chi connectivity index (χ1) is 16.5. The quantitative estimate of drug-likeness (QED) is 0.524. The summed E-state index contributed by atoms with van der Waals surface area (Å²) in [7, 11) is -2.73. The second kappa shape index (κ2) is 11.4. The molecule has 1 aromatic carbocycles. The number of aliphatic carboxylic acids is 1. The zero-order valence-corrected chi connectivity index (χ0v) is 22.0. The molecule has 0 saturated carbocycles. The van der Waals surface area contributed by atoms with Crippen LogP contribution in [0.2, 0.25) is 0 Å². The summed E-state index contributed by atoms with van der Waals surface area (Å²) in [6.45, 7) is 6.60. The minimum Gasteiger partial charge on any atom is -0.494 e. The molecule has 3 rings (SSSR count). The van der Waals surface area contributed by atoms with E-state index < -0.39 is 34.0 Å². The summed E-state index contributed by atoms with van der Waals surface area (Å²) >= 11 is 1.09. The number of benzene rings is 1. The van der Waals surface area contributed by atoms with Crippen LogP contribution in [-0.2, 0) is 19.6 Å². The van der Waals surface area contributed by atoms with Crippen molar-refractivity contribution in [2.24, 2.45) is 5.92 Å². The first kappa shape index (κ1) is 27.0. The van der Waals surface area contributed by atoms with E-state index in [-0.39, 0.29) is 10.3 Å². The Balaban J connectivity index is 1.74. The molecule has 0 aliphatic carbocycles. The Hall–Kier alpha value is -2.63. The number of carbonyl (C=O) groups is 2. The molecule has 1 aliphatic heterocycles. The lowest BCUT2D eigenvalue weighted by molar-refractivity contribution is -0.143. The van der Waals surface area contributed by atoms with Gasteiger partial charge in [0.05, 0.1) is 12.7 Å². The van der Waals surface area contributed by atoms with Crippen molar-refractivity contribution < 1.29 is 32.6 Å². The predicted octanol–water partition coefficient (Wildman–Crippen LogP) is 4.14. The van der Waals surface area contributed by atoms with Gasteiger partial charge >= 0.3 is 12.1 Å². The summed E-state index contributed by atoms with van der Waals surface area (Å²) in [6, 6.07) is 9.34. The molecule has 1 aliphatic rings. The van der Waals surface area contributed by atoms with E-state index in [9.17, 15) is 23.1 Å². The van der Waals surface area contributed by atoms with Crippen molar-refractivity contribution in [3.63, 3.8) is 0 Å². The maximum Gasteiger partial charge on any atom is 0.410 e. The monoisotopic (exact) mass is 524 g/mol. The van der Waals surface area contributed by atoms with Crippen molar-refractivity contribution in [1.82, 2.24) is 9.21 Å². The van der Waals surface area contributed by atoms with E-state index in [1.165, 1.54) is 18.0 Å². The fourth-order valence-electron chi connectivity index (χ4n) is 4.12. The number of carboxylic acids is 1. The van der Waals surface area contributed by atoms with Crippen molar-refractivity contribution in [3.05, 3.63) is 36.4 Å². The Morgan fingerprint density at radius 3 is 2.31 bits per heavy atom. The number of carboxylic acid groups (broad SMARTS) is 1. The Morgan fingerprint density at radius 1 is 1.14 bits per heavy atom. The minimum atomic E-state index is -4.04. The number of nitrogens with zero attached hydrogens (tertiary/aromatic N) is 2. The van der Waals surface area contributed by atoms with Gasteiger partial charge in [0.15, 0.2) is 0 Å². The summed E-state index contributed by atoms with van der Waals surface area (Å²) in [6.07, 6.45) is 0.0471. The normalized spacial score (nSPS) is 15.9. The zero-order valence-electron chi connectivity index (χ0n) is 20.3. The average molecular weight is 525 g/mol. The third kappa shape index (κ3) is 6.33. The Kier molecular flexibility index (Phi) is 8.79. The lowest BCUT2D eigenvalue weighted by atomic mass is 9.89. The Morgan fingerprint density at radius 2 is 1.77 bits per heavy atom. The van der Waals surface area contributed by atoms with Crippen LogP contribution in [0.15, 0.2) is 40.6 Å². The number of ether oxygens (including phenoxy) is 2. The van der Waals surface area contributed by atoms with Gasteiger partial charge in [-0.05, 0) is 81.5 Å². The van der Waals surface area contributed by atoms with Crippen LogP contribution in [0.3, 0.4) is 0 Å². The maximum atomic E-state index is 13.4. The van der Waals surface area contributed by atoms with Gasteiger partial charge in [-0.1, -0.05) is 0 Å². The highest BCUT2D eigenvalue weighted by Gasteiger charge is 2.41. The second-order valence-corrected chi connectivity index (χ2v) is 11.9. The molecule has 0 bridgehead atoms. The molecule has 192 valence electrons. The number of likely N-dealkylation sites (N-methyl/N-ethyl adjacent to an activating group) is 1. The number of rotatable bonds is 9. The summed E-state index contributed by atoms with van der Waals surface area (Å²) in [5, 5.41) is 9.93. The lowest BCUT2D eigenvalue weighted by Crippen LogP contribution is -2.51. The van der Waals surface area contributed by atoms with Crippen LogP contribution in [0.5, 0.6) is 5.75 Å². The van der Waals surface area contributed by atoms with E-state index in [0.717, 1.165) is 31.8 Å². The average Bonchev–Trinajstić information content (AvgIpc) is 3.31. The van der Waals surface area contributed by atoms with E-state index in [0.29, 0.717) is 32.5 Å². The number of amides is 1. The van der Waals surface area contributed by atoms with E-state index >= 15 is 0 Å². The second-order valence-electron chi connectivity index (χ2n) is 8.64. The number of piperidine rings is 1. The van der Waals surface area contributed by atoms with E-state index in [1.807, 2.05) is 31.2 Å². The van der Waals surface area contributed by atoms with Gasteiger partial charge in [-0.3, -0.25) is 4.79 Å². The number of hydrogen-bond donors (Lipinski definition) is 1. The van der Waals surface area contributed by atoms with Crippen molar-refractivity contribution >= 4 is 33.4 Å². The number of carbonyl (C=O) groups excluding carboxylic acids is 1. The highest BCUT2D eigenvalue weighted by Crippen LogP contribution is 2.35. The SMILES string of the molecule is CCOc1ccc(-c2ccc(S(=O)(=O)N(C)[C@@H](C(=O)O)C3CCN(C(=O)OC(C)C)CC3)s2)cc1. The molecule has 1 saturated heterocycles. The number of likely N-dealkylation sites (tertiary alicyclic amines) is 1. The van der Waals surface area contributed by atoms with Crippen LogP contribution >= 0.6 is 11.3 Å². The van der Waals surface area contributed by atoms with Gasteiger partial charge in [0.2, 0.25) is 0 Å². The molecular weight excluding hydrogens is 492 g/mol. The molecule has 1 amide bonds. The molecule has 2 aromatic rings. The van der Waals surface area contributed by atoms with Crippen LogP contribution in [0.25, 0.3) is 10.4 Å². The number of hydrogen-bond acceptors (Lipinski definition) is 7. The molecule has 1 fully saturated rings. The highest BCUT2D eigenvalue weighted by atomic mass is 32.2. The van der Waals surface area contributed by atoms with Gasteiger partial charge in [0.25, 0.3) is 10.0 Å². The molecule has 2 heterocycles. The maximum absolute atomic E-state index is 13.4. The van der Waals surface area contributed by atoms with Crippen molar-refractivity contribution in [2.45, 2.75) is 50.0 Å². The molecule has 35 heavy (non-hydrogen) atoms. The minimum absolute atomic E-state index is 0.0769. The molecule has 1 N–H and O–H groups in total.